The number of aromatic nitrogens is 2. The van der Waals surface area contributed by atoms with Crippen molar-refractivity contribution in [3.8, 4) is 0 Å². The lowest BCUT2D eigenvalue weighted by Crippen LogP contribution is -2.54. The Morgan fingerprint density at radius 2 is 2.00 bits per heavy atom. The highest BCUT2D eigenvalue weighted by atomic mass is 32.1. The lowest BCUT2D eigenvalue weighted by Gasteiger charge is -2.39. The molecule has 1 aromatic rings. The number of nitrogens with zero attached hydrogens (tertiary/aromatic N) is 4. The summed E-state index contributed by atoms with van der Waals surface area (Å²) in [7, 11) is 0. The minimum absolute atomic E-state index is 0.233. The van der Waals surface area contributed by atoms with Crippen molar-refractivity contribution in [1.29, 1.82) is 0 Å². The molecule has 0 aromatic carbocycles. The van der Waals surface area contributed by atoms with E-state index in [1.54, 1.807) is 0 Å². The molecule has 21 heavy (non-hydrogen) atoms. The first kappa shape index (κ1) is 16.1. The first-order chi connectivity index (χ1) is 10.0. The van der Waals surface area contributed by atoms with Crippen molar-refractivity contribution in [2.75, 3.05) is 31.1 Å². The van der Waals surface area contributed by atoms with Crippen LogP contribution in [0, 0.1) is 13.8 Å². The summed E-state index contributed by atoms with van der Waals surface area (Å²) in [5, 5.41) is 0. The van der Waals surface area contributed by atoms with Crippen LogP contribution in [0.5, 0.6) is 0 Å². The summed E-state index contributed by atoms with van der Waals surface area (Å²) in [4.78, 5) is 14.4. The fraction of sp³-hybridized carbons (Fsp3) is 0.667. The summed E-state index contributed by atoms with van der Waals surface area (Å²) in [6, 6.07) is 0.233. The second-order valence-corrected chi connectivity index (χ2v) is 6.12. The Kier molecular flexibility index (Phi) is 5.47. The minimum atomic E-state index is 0.233. The van der Waals surface area contributed by atoms with Crippen molar-refractivity contribution in [3.05, 3.63) is 17.6 Å². The van der Waals surface area contributed by atoms with E-state index in [0.717, 1.165) is 56.2 Å². The second kappa shape index (κ2) is 7.13. The van der Waals surface area contributed by atoms with Crippen molar-refractivity contribution < 1.29 is 0 Å². The zero-order valence-electron chi connectivity index (χ0n) is 13.2. The zero-order chi connectivity index (χ0) is 15.4. The molecule has 1 unspecified atom stereocenters. The zero-order valence-corrected chi connectivity index (χ0v) is 14.0. The van der Waals surface area contributed by atoms with Crippen molar-refractivity contribution in [2.24, 2.45) is 5.73 Å². The van der Waals surface area contributed by atoms with E-state index in [4.69, 9.17) is 18.0 Å². The van der Waals surface area contributed by atoms with Crippen LogP contribution in [0.15, 0.2) is 6.20 Å². The highest BCUT2D eigenvalue weighted by Gasteiger charge is 2.26. The van der Waals surface area contributed by atoms with Gasteiger partial charge in [0, 0.05) is 32.4 Å². The van der Waals surface area contributed by atoms with Gasteiger partial charge in [0.1, 0.15) is 5.82 Å². The van der Waals surface area contributed by atoms with Crippen LogP contribution in [0.2, 0.25) is 0 Å². The van der Waals surface area contributed by atoms with Gasteiger partial charge in [-0.05, 0) is 20.3 Å². The number of aryl methyl sites for hydroxylation is 2. The van der Waals surface area contributed by atoms with E-state index in [9.17, 15) is 0 Å². The smallest absolute Gasteiger partial charge is 0.150 e. The first-order valence-electron chi connectivity index (χ1n) is 7.61. The Morgan fingerprint density at radius 3 is 2.57 bits per heavy atom. The Morgan fingerprint density at radius 1 is 1.33 bits per heavy atom. The van der Waals surface area contributed by atoms with E-state index >= 15 is 0 Å². The molecular formula is C15H25N5S. The highest BCUT2D eigenvalue weighted by molar-refractivity contribution is 7.80. The number of anilines is 1. The third-order valence-electron chi connectivity index (χ3n) is 4.00. The minimum Gasteiger partial charge on any atom is -0.392 e. The van der Waals surface area contributed by atoms with Gasteiger partial charge in [0.15, 0.2) is 0 Å². The van der Waals surface area contributed by atoms with Gasteiger partial charge in [-0.3, -0.25) is 9.88 Å². The predicted molar refractivity (Wildman–Crippen MR) is 90.8 cm³/mol. The average molecular weight is 307 g/mol. The highest BCUT2D eigenvalue weighted by Crippen LogP contribution is 2.19. The molecule has 2 heterocycles. The molecule has 0 aliphatic carbocycles. The van der Waals surface area contributed by atoms with Crippen molar-refractivity contribution in [1.82, 2.24) is 14.9 Å². The molecule has 5 nitrogen and oxygen atoms in total. The molecule has 1 aliphatic rings. The first-order valence-corrected chi connectivity index (χ1v) is 8.02. The topological polar surface area (TPSA) is 58.3 Å². The van der Waals surface area contributed by atoms with Crippen LogP contribution < -0.4 is 10.6 Å². The SMILES string of the molecule is CCCC(C(N)=S)N1CCN(c2nc(C)cnc2C)CC1. The summed E-state index contributed by atoms with van der Waals surface area (Å²) in [6.07, 6.45) is 3.96. The molecule has 116 valence electrons. The van der Waals surface area contributed by atoms with E-state index in [2.05, 4.69) is 26.7 Å². The van der Waals surface area contributed by atoms with Crippen LogP contribution >= 0.6 is 12.2 Å². The molecule has 0 radical (unpaired) electrons. The molecule has 2 rings (SSSR count). The maximum absolute atomic E-state index is 5.90. The van der Waals surface area contributed by atoms with Gasteiger partial charge in [-0.2, -0.15) is 0 Å². The van der Waals surface area contributed by atoms with Crippen LogP contribution in [0.4, 0.5) is 5.82 Å². The molecule has 0 spiro atoms. The maximum Gasteiger partial charge on any atom is 0.150 e. The van der Waals surface area contributed by atoms with Gasteiger partial charge in [-0.25, -0.2) is 4.98 Å². The normalized spacial score (nSPS) is 17.8. The maximum atomic E-state index is 5.90. The fourth-order valence-electron chi connectivity index (χ4n) is 2.85. The number of hydrogen-bond acceptors (Lipinski definition) is 5. The molecule has 1 atom stereocenters. The number of rotatable bonds is 5. The average Bonchev–Trinajstić information content (AvgIpc) is 2.47. The number of hydrogen-bond donors (Lipinski definition) is 1. The predicted octanol–water partition coefficient (Wildman–Crippen LogP) is 1.67. The van der Waals surface area contributed by atoms with Gasteiger partial charge >= 0.3 is 0 Å². The second-order valence-electron chi connectivity index (χ2n) is 5.65. The van der Waals surface area contributed by atoms with Gasteiger partial charge in [0.2, 0.25) is 0 Å². The summed E-state index contributed by atoms with van der Waals surface area (Å²) in [5.74, 6) is 1.01. The summed E-state index contributed by atoms with van der Waals surface area (Å²) in [6.45, 7) is 10.0. The standard InChI is InChI=1S/C15H25N5S/c1-4-5-13(14(16)21)19-6-8-20(9-7-19)15-12(3)17-10-11(2)18-15/h10,13H,4-9H2,1-3H3,(H2,16,21). The van der Waals surface area contributed by atoms with Crippen molar-refractivity contribution >= 4 is 23.0 Å². The summed E-state index contributed by atoms with van der Waals surface area (Å²) < 4.78 is 0. The van der Waals surface area contributed by atoms with Gasteiger partial charge in [-0.15, -0.1) is 0 Å². The molecule has 1 aliphatic heterocycles. The van der Waals surface area contributed by atoms with E-state index in [1.807, 2.05) is 20.0 Å². The van der Waals surface area contributed by atoms with Gasteiger partial charge in [0.05, 0.1) is 22.4 Å². The van der Waals surface area contributed by atoms with E-state index in [-0.39, 0.29) is 6.04 Å². The number of nitrogens with two attached hydrogens (primary N) is 1. The van der Waals surface area contributed by atoms with Gasteiger partial charge in [0.25, 0.3) is 0 Å². The van der Waals surface area contributed by atoms with Gasteiger partial charge in [-0.1, -0.05) is 25.6 Å². The molecule has 0 amide bonds. The largest absolute Gasteiger partial charge is 0.392 e. The Bertz CT molecular complexity index is 497. The van der Waals surface area contributed by atoms with Crippen LogP contribution in [-0.2, 0) is 0 Å². The number of piperazine rings is 1. The molecule has 1 saturated heterocycles. The Labute approximate surface area is 132 Å². The summed E-state index contributed by atoms with van der Waals surface area (Å²) in [5.41, 5.74) is 7.85. The third kappa shape index (κ3) is 3.89. The van der Waals surface area contributed by atoms with Crippen molar-refractivity contribution in [3.63, 3.8) is 0 Å². The van der Waals surface area contributed by atoms with Crippen LogP contribution in [0.1, 0.15) is 31.2 Å². The van der Waals surface area contributed by atoms with Crippen LogP contribution in [0.3, 0.4) is 0 Å². The van der Waals surface area contributed by atoms with Crippen LogP contribution in [0.25, 0.3) is 0 Å². The molecule has 1 aromatic heterocycles. The molecule has 0 bridgehead atoms. The quantitative estimate of drug-likeness (QED) is 0.835. The number of thiocarbonyl (C=S) groups is 1. The fourth-order valence-corrected chi connectivity index (χ4v) is 3.11. The monoisotopic (exact) mass is 307 g/mol. The molecular weight excluding hydrogens is 282 g/mol. The Hall–Kier alpha value is -1.27. The van der Waals surface area contributed by atoms with E-state index in [0.29, 0.717) is 4.99 Å². The molecule has 1 fully saturated rings. The van der Waals surface area contributed by atoms with Crippen LogP contribution in [-0.4, -0.2) is 52.1 Å². The van der Waals surface area contributed by atoms with E-state index in [1.165, 1.54) is 0 Å². The lowest BCUT2D eigenvalue weighted by atomic mass is 10.1. The van der Waals surface area contributed by atoms with Gasteiger partial charge < -0.3 is 10.6 Å². The molecule has 6 heteroatoms. The molecule has 2 N–H and O–H groups in total. The van der Waals surface area contributed by atoms with Crippen molar-refractivity contribution in [2.45, 2.75) is 39.7 Å². The lowest BCUT2D eigenvalue weighted by molar-refractivity contribution is 0.219. The van der Waals surface area contributed by atoms with E-state index < -0.39 is 0 Å². The molecule has 0 saturated carbocycles. The summed E-state index contributed by atoms with van der Waals surface area (Å²) >= 11 is 5.22. The Balaban J connectivity index is 2.02. The third-order valence-corrected chi connectivity index (χ3v) is 4.27.